The fourth-order valence-electron chi connectivity index (χ4n) is 2.87. The molecule has 0 aliphatic heterocycles. The van der Waals surface area contributed by atoms with Crippen LogP contribution in [0.15, 0.2) is 77.9 Å². The summed E-state index contributed by atoms with van der Waals surface area (Å²) in [4.78, 5) is 25.3. The molecule has 8 heteroatoms. The van der Waals surface area contributed by atoms with Crippen molar-refractivity contribution < 1.29 is 14.7 Å². The molecule has 0 saturated carbocycles. The number of phenolic OH excluding ortho intramolecular Hbond substituents is 1. The number of thiophene rings is 1. The molecule has 6 nitrogen and oxygen atoms in total. The van der Waals surface area contributed by atoms with E-state index in [0.29, 0.717) is 26.7 Å². The number of rotatable bonds is 5. The molecule has 4 aromatic rings. The second kappa shape index (κ2) is 8.99. The van der Waals surface area contributed by atoms with Crippen LogP contribution in [0.2, 0.25) is 5.02 Å². The number of amides is 2. The zero-order valence-corrected chi connectivity index (χ0v) is 17.6. The van der Waals surface area contributed by atoms with E-state index >= 15 is 0 Å². The van der Waals surface area contributed by atoms with E-state index in [1.54, 1.807) is 42.5 Å². The minimum absolute atomic E-state index is 0.0688. The Morgan fingerprint density at radius 1 is 0.935 bits per heavy atom. The Morgan fingerprint density at radius 2 is 1.65 bits per heavy atom. The van der Waals surface area contributed by atoms with E-state index < -0.39 is 5.91 Å². The van der Waals surface area contributed by atoms with E-state index in [1.165, 1.54) is 23.6 Å². The average molecular weight is 450 g/mol. The maximum absolute atomic E-state index is 12.6. The number of carbonyl (C=O) groups is 2. The lowest BCUT2D eigenvalue weighted by Gasteiger charge is -2.05. The molecule has 1 aromatic heterocycles. The van der Waals surface area contributed by atoms with Gasteiger partial charge in [0.15, 0.2) is 0 Å². The Morgan fingerprint density at radius 3 is 2.39 bits per heavy atom. The van der Waals surface area contributed by atoms with Gasteiger partial charge in [-0.3, -0.25) is 9.59 Å². The largest absolute Gasteiger partial charge is 0.507 e. The number of carbonyl (C=O) groups excluding carboxylic acids is 2. The molecule has 3 N–H and O–H groups in total. The number of para-hydroxylation sites is 1. The molecule has 4 rings (SSSR count). The SMILES string of the molecule is O=C(N/N=C\c1ccccc1O)c1ccc(NC(=O)c2sc3ccccc3c2Cl)cc1. The number of hydrogen-bond donors (Lipinski definition) is 3. The topological polar surface area (TPSA) is 90.8 Å². The number of halogens is 1. The van der Waals surface area contributed by atoms with Crippen molar-refractivity contribution in [2.75, 3.05) is 5.32 Å². The second-order valence-corrected chi connectivity index (χ2v) is 7.96. The summed E-state index contributed by atoms with van der Waals surface area (Å²) < 4.78 is 0.939. The van der Waals surface area contributed by atoms with Crippen LogP contribution in [0, 0.1) is 0 Å². The van der Waals surface area contributed by atoms with E-state index in [9.17, 15) is 14.7 Å². The molecule has 0 aliphatic carbocycles. The number of hydrogen-bond acceptors (Lipinski definition) is 5. The molecule has 0 bridgehead atoms. The van der Waals surface area contributed by atoms with Gasteiger partial charge in [-0.1, -0.05) is 41.9 Å². The van der Waals surface area contributed by atoms with Crippen LogP contribution in [0.25, 0.3) is 10.1 Å². The van der Waals surface area contributed by atoms with Crippen molar-refractivity contribution in [1.29, 1.82) is 0 Å². The van der Waals surface area contributed by atoms with Crippen molar-refractivity contribution in [2.24, 2.45) is 5.10 Å². The van der Waals surface area contributed by atoms with Crippen LogP contribution in [-0.4, -0.2) is 23.1 Å². The van der Waals surface area contributed by atoms with Gasteiger partial charge in [0.1, 0.15) is 10.6 Å². The Hall–Kier alpha value is -3.68. The molecule has 154 valence electrons. The first-order valence-electron chi connectivity index (χ1n) is 9.23. The molecule has 0 saturated heterocycles. The number of phenols is 1. The third-order valence-electron chi connectivity index (χ3n) is 4.45. The molecular weight excluding hydrogens is 434 g/mol. The van der Waals surface area contributed by atoms with E-state index in [-0.39, 0.29) is 11.7 Å². The van der Waals surface area contributed by atoms with Crippen molar-refractivity contribution in [2.45, 2.75) is 0 Å². The quantitative estimate of drug-likeness (QED) is 0.286. The van der Waals surface area contributed by atoms with Gasteiger partial charge in [-0.25, -0.2) is 5.43 Å². The van der Waals surface area contributed by atoms with Gasteiger partial charge in [-0.15, -0.1) is 11.3 Å². The molecule has 3 aromatic carbocycles. The highest BCUT2D eigenvalue weighted by molar-refractivity contribution is 7.21. The van der Waals surface area contributed by atoms with Crippen LogP contribution in [0.1, 0.15) is 25.6 Å². The van der Waals surface area contributed by atoms with Gasteiger partial charge in [-0.05, 0) is 42.5 Å². The fraction of sp³-hybridized carbons (Fsp3) is 0. The number of nitrogens with zero attached hydrogens (tertiary/aromatic N) is 1. The Balaban J connectivity index is 1.40. The molecule has 0 atom stereocenters. The van der Waals surface area contributed by atoms with E-state index in [1.807, 2.05) is 24.3 Å². The number of nitrogens with one attached hydrogen (secondary N) is 2. The van der Waals surface area contributed by atoms with E-state index in [0.717, 1.165) is 10.1 Å². The highest BCUT2D eigenvalue weighted by atomic mass is 35.5. The first-order valence-corrected chi connectivity index (χ1v) is 10.4. The lowest BCUT2D eigenvalue weighted by molar-refractivity contribution is 0.0954. The first kappa shape index (κ1) is 20.6. The van der Waals surface area contributed by atoms with Crippen LogP contribution in [-0.2, 0) is 0 Å². The molecule has 0 aliphatic rings. The summed E-state index contributed by atoms with van der Waals surface area (Å²) in [7, 11) is 0. The normalized spacial score (nSPS) is 11.0. The highest BCUT2D eigenvalue weighted by Gasteiger charge is 2.17. The number of fused-ring (bicyclic) bond motifs is 1. The lowest BCUT2D eigenvalue weighted by Crippen LogP contribution is -2.17. The predicted molar refractivity (Wildman–Crippen MR) is 124 cm³/mol. The summed E-state index contributed by atoms with van der Waals surface area (Å²) >= 11 is 7.68. The van der Waals surface area contributed by atoms with Gasteiger partial charge in [-0.2, -0.15) is 5.10 Å². The number of hydrazone groups is 1. The highest BCUT2D eigenvalue weighted by Crippen LogP contribution is 2.35. The third-order valence-corrected chi connectivity index (χ3v) is 6.13. The van der Waals surface area contributed by atoms with E-state index in [2.05, 4.69) is 15.8 Å². The molecule has 0 spiro atoms. The summed E-state index contributed by atoms with van der Waals surface area (Å²) in [5, 5.41) is 17.6. The fourth-order valence-corrected chi connectivity index (χ4v) is 4.29. The van der Waals surface area contributed by atoms with Crippen LogP contribution in [0.5, 0.6) is 5.75 Å². The van der Waals surface area contributed by atoms with Gasteiger partial charge in [0.25, 0.3) is 11.8 Å². The predicted octanol–water partition coefficient (Wildman–Crippen LogP) is 5.28. The molecule has 0 unspecified atom stereocenters. The van der Waals surface area contributed by atoms with Gasteiger partial charge in [0.2, 0.25) is 0 Å². The monoisotopic (exact) mass is 449 g/mol. The minimum Gasteiger partial charge on any atom is -0.507 e. The standard InChI is InChI=1S/C23H16ClN3O3S/c24-20-17-6-2-4-8-19(17)31-21(20)23(30)26-16-11-9-14(10-12-16)22(29)27-25-13-15-5-1-3-7-18(15)28/h1-13,28H,(H,26,30)(H,27,29)/b25-13-. The molecular formula is C23H16ClN3O3S. The zero-order chi connectivity index (χ0) is 21.8. The minimum atomic E-state index is -0.419. The van der Waals surface area contributed by atoms with E-state index in [4.69, 9.17) is 11.6 Å². The van der Waals surface area contributed by atoms with Crippen molar-refractivity contribution >= 4 is 56.7 Å². The third kappa shape index (κ3) is 4.58. The maximum atomic E-state index is 12.6. The smallest absolute Gasteiger partial charge is 0.271 e. The summed E-state index contributed by atoms with van der Waals surface area (Å²) in [5.41, 5.74) is 3.79. The second-order valence-electron chi connectivity index (χ2n) is 6.53. The molecule has 31 heavy (non-hydrogen) atoms. The van der Waals surface area contributed by atoms with Crippen molar-refractivity contribution in [3.8, 4) is 5.75 Å². The number of benzene rings is 3. The molecule has 0 fully saturated rings. The van der Waals surface area contributed by atoms with Crippen LogP contribution in [0.4, 0.5) is 5.69 Å². The van der Waals surface area contributed by atoms with Crippen LogP contribution >= 0.6 is 22.9 Å². The molecule has 2 amide bonds. The van der Waals surface area contributed by atoms with Crippen molar-refractivity contribution in [3.05, 3.63) is 93.8 Å². The Labute approximate surface area is 186 Å². The lowest BCUT2D eigenvalue weighted by atomic mass is 10.2. The van der Waals surface area contributed by atoms with Crippen molar-refractivity contribution in [3.63, 3.8) is 0 Å². The summed E-state index contributed by atoms with van der Waals surface area (Å²) in [6.45, 7) is 0. The maximum Gasteiger partial charge on any atom is 0.271 e. The van der Waals surface area contributed by atoms with Gasteiger partial charge in [0, 0.05) is 26.9 Å². The molecule has 0 radical (unpaired) electrons. The van der Waals surface area contributed by atoms with Crippen molar-refractivity contribution in [1.82, 2.24) is 5.43 Å². The van der Waals surface area contributed by atoms with Crippen LogP contribution < -0.4 is 10.7 Å². The van der Waals surface area contributed by atoms with Gasteiger partial charge in [0.05, 0.1) is 11.2 Å². The zero-order valence-electron chi connectivity index (χ0n) is 16.0. The Kier molecular flexibility index (Phi) is 5.97. The van der Waals surface area contributed by atoms with Crippen LogP contribution in [0.3, 0.4) is 0 Å². The molecule has 1 heterocycles. The van der Waals surface area contributed by atoms with Gasteiger partial charge >= 0.3 is 0 Å². The summed E-state index contributed by atoms with van der Waals surface area (Å²) in [6.07, 6.45) is 1.36. The summed E-state index contributed by atoms with van der Waals surface area (Å²) in [6, 6.07) is 20.6. The Bertz CT molecular complexity index is 1300. The average Bonchev–Trinajstić information content (AvgIpc) is 3.12. The van der Waals surface area contributed by atoms with Gasteiger partial charge < -0.3 is 10.4 Å². The number of aromatic hydroxyl groups is 1. The summed E-state index contributed by atoms with van der Waals surface area (Å²) in [5.74, 6) is -0.660. The first-order chi connectivity index (χ1) is 15.0. The number of anilines is 1.